The van der Waals surface area contributed by atoms with E-state index in [1.165, 1.54) is 25.7 Å². The van der Waals surface area contributed by atoms with Gasteiger partial charge in [-0.1, -0.05) is 33.1 Å². The largest absolute Gasteiger partial charge is 0.393 e. The number of aliphatic hydroxyl groups excluding tert-OH is 1. The molecule has 1 fully saturated rings. The molecular formula is C11H22O. The fourth-order valence-corrected chi connectivity index (χ4v) is 2.21. The Kier molecular flexibility index (Phi) is 4.07. The second kappa shape index (κ2) is 4.86. The summed E-state index contributed by atoms with van der Waals surface area (Å²) in [6, 6.07) is 0. The molecule has 0 spiro atoms. The Labute approximate surface area is 76.2 Å². The molecule has 0 amide bonds. The molecule has 1 rings (SSSR count). The standard InChI is InChI=1S/C11H22O/c1-3-9(2)10-5-4-6-11(12)8-7-10/h9-12H,3-8H2,1-2H3. The Morgan fingerprint density at radius 3 is 2.67 bits per heavy atom. The lowest BCUT2D eigenvalue weighted by Gasteiger charge is -2.20. The van der Waals surface area contributed by atoms with E-state index >= 15 is 0 Å². The monoisotopic (exact) mass is 170 g/mol. The first-order chi connectivity index (χ1) is 5.74. The van der Waals surface area contributed by atoms with Gasteiger partial charge in [0, 0.05) is 0 Å². The van der Waals surface area contributed by atoms with E-state index in [0.717, 1.165) is 24.7 Å². The van der Waals surface area contributed by atoms with Gasteiger partial charge in [0.1, 0.15) is 0 Å². The van der Waals surface area contributed by atoms with Gasteiger partial charge in [0.2, 0.25) is 0 Å². The van der Waals surface area contributed by atoms with Crippen molar-refractivity contribution in [2.45, 2.75) is 58.5 Å². The predicted molar refractivity (Wildman–Crippen MR) is 52.0 cm³/mol. The maximum atomic E-state index is 9.46. The minimum atomic E-state index is -0.000874. The summed E-state index contributed by atoms with van der Waals surface area (Å²) in [5, 5.41) is 9.46. The third kappa shape index (κ3) is 2.78. The van der Waals surface area contributed by atoms with Crippen LogP contribution >= 0.6 is 0 Å². The van der Waals surface area contributed by atoms with E-state index in [-0.39, 0.29) is 6.10 Å². The Balaban J connectivity index is 2.35. The van der Waals surface area contributed by atoms with Gasteiger partial charge in [-0.15, -0.1) is 0 Å². The molecule has 0 aliphatic heterocycles. The second-order valence-corrected chi connectivity index (χ2v) is 4.31. The zero-order valence-electron chi connectivity index (χ0n) is 8.42. The van der Waals surface area contributed by atoms with E-state index in [4.69, 9.17) is 0 Å². The van der Waals surface area contributed by atoms with Crippen molar-refractivity contribution in [3.8, 4) is 0 Å². The molecule has 1 saturated carbocycles. The predicted octanol–water partition coefficient (Wildman–Crippen LogP) is 2.97. The molecule has 1 heteroatoms. The smallest absolute Gasteiger partial charge is 0.0540 e. The summed E-state index contributed by atoms with van der Waals surface area (Å²) in [5.41, 5.74) is 0. The fourth-order valence-electron chi connectivity index (χ4n) is 2.21. The van der Waals surface area contributed by atoms with Crippen LogP contribution in [0.2, 0.25) is 0 Å². The number of hydrogen-bond donors (Lipinski definition) is 1. The molecule has 12 heavy (non-hydrogen) atoms. The molecule has 0 heterocycles. The van der Waals surface area contributed by atoms with Crippen LogP contribution in [0.25, 0.3) is 0 Å². The maximum Gasteiger partial charge on any atom is 0.0540 e. The highest BCUT2D eigenvalue weighted by Gasteiger charge is 2.20. The Morgan fingerprint density at radius 1 is 1.25 bits per heavy atom. The van der Waals surface area contributed by atoms with Crippen LogP contribution in [0.5, 0.6) is 0 Å². The van der Waals surface area contributed by atoms with Crippen LogP contribution < -0.4 is 0 Å². The lowest BCUT2D eigenvalue weighted by molar-refractivity contribution is 0.154. The summed E-state index contributed by atoms with van der Waals surface area (Å²) in [6.07, 6.45) is 7.18. The van der Waals surface area contributed by atoms with Gasteiger partial charge >= 0.3 is 0 Å². The van der Waals surface area contributed by atoms with Crippen molar-refractivity contribution in [1.82, 2.24) is 0 Å². The number of hydrogen-bond acceptors (Lipinski definition) is 1. The minimum absolute atomic E-state index is 0.000874. The third-order valence-electron chi connectivity index (χ3n) is 3.43. The first-order valence-corrected chi connectivity index (χ1v) is 5.42. The van der Waals surface area contributed by atoms with E-state index in [0.29, 0.717) is 0 Å². The zero-order valence-corrected chi connectivity index (χ0v) is 8.42. The van der Waals surface area contributed by atoms with Crippen molar-refractivity contribution in [3.05, 3.63) is 0 Å². The summed E-state index contributed by atoms with van der Waals surface area (Å²) in [4.78, 5) is 0. The lowest BCUT2D eigenvalue weighted by atomic mass is 9.86. The first kappa shape index (κ1) is 10.0. The van der Waals surface area contributed by atoms with Gasteiger partial charge in [-0.3, -0.25) is 0 Å². The van der Waals surface area contributed by atoms with Gasteiger partial charge in [-0.25, -0.2) is 0 Å². The van der Waals surface area contributed by atoms with Crippen molar-refractivity contribution in [2.75, 3.05) is 0 Å². The highest BCUT2D eigenvalue weighted by atomic mass is 16.3. The van der Waals surface area contributed by atoms with E-state index in [2.05, 4.69) is 13.8 Å². The van der Waals surface area contributed by atoms with Crippen LogP contribution in [0.15, 0.2) is 0 Å². The van der Waals surface area contributed by atoms with Crippen LogP contribution in [0.4, 0.5) is 0 Å². The van der Waals surface area contributed by atoms with Crippen molar-refractivity contribution in [3.63, 3.8) is 0 Å². The van der Waals surface area contributed by atoms with E-state index in [9.17, 15) is 5.11 Å². The first-order valence-electron chi connectivity index (χ1n) is 5.42. The van der Waals surface area contributed by atoms with Gasteiger partial charge in [-0.2, -0.15) is 0 Å². The van der Waals surface area contributed by atoms with Crippen LogP contribution in [-0.4, -0.2) is 11.2 Å². The molecular weight excluding hydrogens is 148 g/mol. The van der Waals surface area contributed by atoms with E-state index < -0.39 is 0 Å². The SMILES string of the molecule is CCC(C)C1CCCC(O)CC1. The van der Waals surface area contributed by atoms with Crippen LogP contribution in [0.3, 0.4) is 0 Å². The molecule has 3 unspecified atom stereocenters. The maximum absolute atomic E-state index is 9.46. The van der Waals surface area contributed by atoms with Crippen molar-refractivity contribution in [2.24, 2.45) is 11.8 Å². The lowest BCUT2D eigenvalue weighted by Crippen LogP contribution is -2.10. The van der Waals surface area contributed by atoms with Crippen LogP contribution in [-0.2, 0) is 0 Å². The molecule has 72 valence electrons. The minimum Gasteiger partial charge on any atom is -0.393 e. The zero-order chi connectivity index (χ0) is 8.97. The summed E-state index contributed by atoms with van der Waals surface area (Å²) in [5.74, 6) is 1.74. The molecule has 1 aliphatic rings. The molecule has 0 aromatic rings. The molecule has 0 aromatic heterocycles. The topological polar surface area (TPSA) is 20.2 Å². The molecule has 0 radical (unpaired) electrons. The summed E-state index contributed by atoms with van der Waals surface area (Å²) < 4.78 is 0. The molecule has 3 atom stereocenters. The van der Waals surface area contributed by atoms with E-state index in [1.807, 2.05) is 0 Å². The number of aliphatic hydroxyl groups is 1. The Bertz CT molecular complexity index is 122. The average Bonchev–Trinajstić information content (AvgIpc) is 2.29. The molecule has 1 aliphatic carbocycles. The Hall–Kier alpha value is -0.0400. The normalized spacial score (nSPS) is 34.2. The molecule has 0 aromatic carbocycles. The highest BCUT2D eigenvalue weighted by Crippen LogP contribution is 2.30. The van der Waals surface area contributed by atoms with Crippen molar-refractivity contribution >= 4 is 0 Å². The van der Waals surface area contributed by atoms with Crippen molar-refractivity contribution < 1.29 is 5.11 Å². The summed E-state index contributed by atoms with van der Waals surface area (Å²) >= 11 is 0. The van der Waals surface area contributed by atoms with Gasteiger partial charge in [-0.05, 0) is 31.1 Å². The van der Waals surface area contributed by atoms with E-state index in [1.54, 1.807) is 0 Å². The Morgan fingerprint density at radius 2 is 2.00 bits per heavy atom. The van der Waals surface area contributed by atoms with Crippen molar-refractivity contribution in [1.29, 1.82) is 0 Å². The molecule has 1 N–H and O–H groups in total. The number of rotatable bonds is 2. The van der Waals surface area contributed by atoms with Gasteiger partial charge < -0.3 is 5.11 Å². The second-order valence-electron chi connectivity index (χ2n) is 4.31. The van der Waals surface area contributed by atoms with Crippen LogP contribution in [0.1, 0.15) is 52.4 Å². The molecule has 0 bridgehead atoms. The quantitative estimate of drug-likeness (QED) is 0.632. The van der Waals surface area contributed by atoms with Gasteiger partial charge in [0.25, 0.3) is 0 Å². The summed E-state index contributed by atoms with van der Waals surface area (Å²) in [7, 11) is 0. The van der Waals surface area contributed by atoms with Gasteiger partial charge in [0.15, 0.2) is 0 Å². The molecule has 0 saturated heterocycles. The fraction of sp³-hybridized carbons (Fsp3) is 1.00. The highest BCUT2D eigenvalue weighted by molar-refractivity contribution is 4.72. The third-order valence-corrected chi connectivity index (χ3v) is 3.43. The van der Waals surface area contributed by atoms with Gasteiger partial charge in [0.05, 0.1) is 6.10 Å². The molecule has 1 nitrogen and oxygen atoms in total. The van der Waals surface area contributed by atoms with Crippen LogP contribution in [0, 0.1) is 11.8 Å². The summed E-state index contributed by atoms with van der Waals surface area (Å²) in [6.45, 7) is 4.62. The average molecular weight is 170 g/mol.